The lowest BCUT2D eigenvalue weighted by molar-refractivity contribution is -0.401. The monoisotopic (exact) mass is 1360 g/mol. The van der Waals surface area contributed by atoms with Crippen LogP contribution in [0.5, 0.6) is 0 Å². The number of hydrogen-bond donors (Lipinski definition) is 26. The topological polar surface area (TPSA) is 673 Å². The van der Waals surface area contributed by atoms with Crippen LogP contribution in [0.3, 0.4) is 0 Å². The van der Waals surface area contributed by atoms with E-state index >= 15 is 0 Å². The van der Waals surface area contributed by atoms with Gasteiger partial charge in [-0.05, 0) is 0 Å². The molecule has 92 heavy (non-hydrogen) atoms. The third-order valence-electron chi connectivity index (χ3n) is 17.1. The Morgan fingerprint density at radius 3 is 0.783 bits per heavy atom. The highest BCUT2D eigenvalue weighted by Gasteiger charge is 2.60. The van der Waals surface area contributed by atoms with Crippen LogP contribution in [0, 0.1) is 0 Å². The molecule has 8 rings (SSSR count). The molecule has 0 saturated carbocycles. The molecule has 42 nitrogen and oxygen atoms in total. The second-order valence-corrected chi connectivity index (χ2v) is 23.1. The normalized spacial score (nSPS) is 52.2. The summed E-state index contributed by atoms with van der Waals surface area (Å²) in [5.41, 5.74) is 0. The van der Waals surface area contributed by atoms with Gasteiger partial charge in [0.2, 0.25) is 5.91 Å². The van der Waals surface area contributed by atoms with E-state index in [-0.39, 0.29) is 0 Å². The summed E-state index contributed by atoms with van der Waals surface area (Å²) in [6.07, 6.45) is -79.2. The molecule has 0 aromatic heterocycles. The zero-order valence-corrected chi connectivity index (χ0v) is 48.5. The van der Waals surface area contributed by atoms with Gasteiger partial charge < -0.3 is 204 Å². The smallest absolute Gasteiger partial charge is 0.217 e. The van der Waals surface area contributed by atoms with Crippen molar-refractivity contribution >= 4 is 5.91 Å². The maximum atomic E-state index is 12.1. The Morgan fingerprint density at radius 1 is 0.261 bits per heavy atom. The van der Waals surface area contributed by atoms with Crippen molar-refractivity contribution in [3.8, 4) is 0 Å². The molecule has 42 heteroatoms. The van der Waals surface area contributed by atoms with Gasteiger partial charge in [0.15, 0.2) is 50.3 Å². The molecule has 40 atom stereocenters. The molecule has 536 valence electrons. The molecule has 8 aliphatic heterocycles. The number of amides is 1. The maximum absolute atomic E-state index is 12.1. The standard InChI is InChI=1S/C50H85NO41/c1-10(60)51-19-26(67)20(61)11(2-52)79-44(19)88-38-21(62)12(3-53)81-47(31(38)72)90-40-23(64)14(5-55)83-49(33(40)74)92-42-25(66)16(7-57)84-50(35(42)76)91-41-24(65)15(6-56)82-48(34(41)75)89-39-22(63)13(4-54)80-46(32(39)73)87-37-18(9-59)85-45(30(71)28(37)69)86-36-17(8-58)78-43(77)29(70)27(36)68/h11-50,52-59,61-77H,2-9H2,1H3,(H,51,60)/t11-,12-,13-,14-,15-,16-,17-,18-,19-,20+,21+,22+,23+,24+,25+,26-,27-,28-,29-,30-,31-,32-,33-,34-,35-,36-,37+,38+,39+,40+,41+,42+,43-,44+,45+,46-,47-,48-,49-,50-/m1/s1. The van der Waals surface area contributed by atoms with Crippen molar-refractivity contribution in [2.45, 2.75) is 253 Å². The third-order valence-corrected chi connectivity index (χ3v) is 17.1. The molecular weight excluding hydrogens is 1270 g/mol. The minimum Gasteiger partial charge on any atom is -0.394 e. The van der Waals surface area contributed by atoms with Gasteiger partial charge in [-0.15, -0.1) is 0 Å². The number of carbonyl (C=O) groups is 1. The second kappa shape index (κ2) is 32.7. The predicted octanol–water partition coefficient (Wildman–Crippen LogP) is -18.3. The number of nitrogens with one attached hydrogen (secondary N) is 1. The molecule has 8 aliphatic rings. The number of ether oxygens (including phenoxy) is 15. The van der Waals surface area contributed by atoms with Gasteiger partial charge in [0, 0.05) is 6.92 Å². The highest BCUT2D eigenvalue weighted by molar-refractivity contribution is 5.73. The quantitative estimate of drug-likeness (QED) is 0.0452. The fourth-order valence-electron chi connectivity index (χ4n) is 11.9. The molecule has 8 heterocycles. The second-order valence-electron chi connectivity index (χ2n) is 23.1. The van der Waals surface area contributed by atoms with Gasteiger partial charge in [-0.1, -0.05) is 0 Å². The summed E-state index contributed by atoms with van der Waals surface area (Å²) >= 11 is 0. The lowest BCUT2D eigenvalue weighted by atomic mass is 9.94. The van der Waals surface area contributed by atoms with E-state index in [0.717, 1.165) is 6.92 Å². The van der Waals surface area contributed by atoms with Gasteiger partial charge in [0.1, 0.15) is 195 Å². The van der Waals surface area contributed by atoms with E-state index in [1.807, 2.05) is 0 Å². The molecule has 0 spiro atoms. The van der Waals surface area contributed by atoms with Crippen molar-refractivity contribution in [3.63, 3.8) is 0 Å². The number of hydrogen-bond acceptors (Lipinski definition) is 41. The lowest BCUT2D eigenvalue weighted by Gasteiger charge is -2.50. The van der Waals surface area contributed by atoms with Gasteiger partial charge in [-0.2, -0.15) is 0 Å². The zero-order valence-electron chi connectivity index (χ0n) is 48.5. The first-order valence-corrected chi connectivity index (χ1v) is 29.2. The van der Waals surface area contributed by atoms with Crippen LogP contribution in [0.15, 0.2) is 0 Å². The van der Waals surface area contributed by atoms with Crippen LogP contribution in [0.4, 0.5) is 0 Å². The predicted molar refractivity (Wildman–Crippen MR) is 276 cm³/mol. The summed E-state index contributed by atoms with van der Waals surface area (Å²) < 4.78 is 84.5. The molecule has 0 aliphatic carbocycles. The van der Waals surface area contributed by atoms with Crippen LogP contribution in [0.1, 0.15) is 6.92 Å². The zero-order chi connectivity index (χ0) is 67.6. The van der Waals surface area contributed by atoms with E-state index in [1.54, 1.807) is 0 Å². The summed E-state index contributed by atoms with van der Waals surface area (Å²) in [5.74, 6) is -0.783. The average molecular weight is 1360 g/mol. The first kappa shape index (κ1) is 75.6. The molecule has 26 N–H and O–H groups in total. The van der Waals surface area contributed by atoms with Gasteiger partial charge in [0.25, 0.3) is 0 Å². The number of aliphatic hydroxyl groups is 25. The molecule has 0 aromatic carbocycles. The Hall–Kier alpha value is -2.13. The van der Waals surface area contributed by atoms with Crippen LogP contribution in [-0.4, -0.2) is 432 Å². The highest BCUT2D eigenvalue weighted by Crippen LogP contribution is 2.39. The van der Waals surface area contributed by atoms with Crippen molar-refractivity contribution in [3.05, 3.63) is 0 Å². The summed E-state index contributed by atoms with van der Waals surface area (Å²) in [6, 6.07) is -1.63. The third kappa shape index (κ3) is 15.6. The fraction of sp³-hybridized carbons (Fsp3) is 0.980. The minimum atomic E-state index is -2.38. The van der Waals surface area contributed by atoms with Gasteiger partial charge in [0.05, 0.1) is 52.9 Å². The molecule has 1 amide bonds. The first-order valence-electron chi connectivity index (χ1n) is 29.2. The van der Waals surface area contributed by atoms with Crippen LogP contribution >= 0.6 is 0 Å². The Kier molecular flexibility index (Phi) is 26.9. The van der Waals surface area contributed by atoms with Crippen LogP contribution < -0.4 is 5.32 Å². The van der Waals surface area contributed by atoms with E-state index in [0.29, 0.717) is 0 Å². The van der Waals surface area contributed by atoms with E-state index in [2.05, 4.69) is 5.32 Å². The van der Waals surface area contributed by atoms with E-state index in [4.69, 9.17) is 71.1 Å². The van der Waals surface area contributed by atoms with Gasteiger partial charge in [-0.3, -0.25) is 4.79 Å². The Bertz CT molecular complexity index is 2260. The Labute approximate surface area is 519 Å². The summed E-state index contributed by atoms with van der Waals surface area (Å²) in [6.45, 7) is -7.32. The van der Waals surface area contributed by atoms with Crippen molar-refractivity contribution in [2.24, 2.45) is 0 Å². The van der Waals surface area contributed by atoms with E-state index in [9.17, 15) is 132 Å². The Morgan fingerprint density at radius 2 is 0.489 bits per heavy atom. The van der Waals surface area contributed by atoms with Crippen molar-refractivity contribution in [1.82, 2.24) is 5.32 Å². The number of rotatable bonds is 23. The molecule has 0 unspecified atom stereocenters. The van der Waals surface area contributed by atoms with Gasteiger partial charge in [-0.25, -0.2) is 0 Å². The Balaban J connectivity index is 0.958. The van der Waals surface area contributed by atoms with Gasteiger partial charge >= 0.3 is 0 Å². The molecule has 0 bridgehead atoms. The highest BCUT2D eigenvalue weighted by atomic mass is 16.8. The molecule has 8 fully saturated rings. The average Bonchev–Trinajstić information content (AvgIpc) is 0.794. The first-order chi connectivity index (χ1) is 43.6. The molecular formula is C50H85NO41. The molecule has 8 saturated heterocycles. The minimum absolute atomic E-state index is 0.783. The summed E-state index contributed by atoms with van der Waals surface area (Å²) in [4.78, 5) is 12.1. The maximum Gasteiger partial charge on any atom is 0.217 e. The van der Waals surface area contributed by atoms with E-state index < -0.39 is 304 Å². The van der Waals surface area contributed by atoms with Crippen LogP contribution in [0.25, 0.3) is 0 Å². The van der Waals surface area contributed by atoms with Crippen molar-refractivity contribution < 1.29 is 204 Å². The number of aliphatic hydroxyl groups excluding tert-OH is 25. The summed E-state index contributed by atoms with van der Waals surface area (Å²) in [7, 11) is 0. The molecule has 0 radical (unpaired) electrons. The largest absolute Gasteiger partial charge is 0.394 e. The van der Waals surface area contributed by atoms with Crippen LogP contribution in [0.2, 0.25) is 0 Å². The van der Waals surface area contributed by atoms with E-state index in [1.165, 1.54) is 0 Å². The SMILES string of the molecule is CC(=O)N[C@H]1[C@H](O[C@H]2[C@@H](O)[C@@H](CO)O[C@H](O[C@H]3[C@@H](O)[C@@H](CO)O[C@H](O[C@H]4[C@@H](O)[C@@H](CO)O[C@H](O[C@H]5[C@@H](O)[C@@H](CO)O[C@H](O[C@H]6[C@@H](O)[C@@H](CO)O[C@H](O[C@@H]7[C@H](O)[C@@H](O)[C@H](O[C@H]8[C@H](O)[C@@H](O)[C@H](O)O[C@@H]8CO)O[C@@H]7CO)[C@@H]6O)[C@@H]5O)[C@@H]4O)[C@@H]3O)[C@@H]2O)O[C@H](CO)[C@H](O)[C@@H]1O. The van der Waals surface area contributed by atoms with Crippen molar-refractivity contribution in [1.29, 1.82) is 0 Å². The molecule has 0 aromatic rings. The van der Waals surface area contributed by atoms with Crippen LogP contribution in [-0.2, 0) is 75.8 Å². The number of carbonyl (C=O) groups excluding carboxylic acids is 1. The summed E-state index contributed by atoms with van der Waals surface area (Å²) in [5, 5.41) is 273. The van der Waals surface area contributed by atoms with Crippen molar-refractivity contribution in [2.75, 3.05) is 52.9 Å². The fourth-order valence-corrected chi connectivity index (χ4v) is 11.9. The lowest BCUT2D eigenvalue weighted by Crippen LogP contribution is -2.69.